The Balaban J connectivity index is 1.67. The number of ether oxygens (including phenoxy) is 1. The molecule has 2 N–H and O–H groups in total. The highest BCUT2D eigenvalue weighted by atomic mass is 35.5. The molecule has 2 heterocycles. The number of pyridine rings is 1. The second kappa shape index (κ2) is 9.22. The molecule has 1 aliphatic heterocycles. The van der Waals surface area contributed by atoms with E-state index in [1.54, 1.807) is 13.0 Å². The van der Waals surface area contributed by atoms with Crippen LogP contribution in [0, 0.1) is 6.92 Å². The van der Waals surface area contributed by atoms with E-state index in [4.69, 9.17) is 16.3 Å². The molecule has 1 saturated heterocycles. The fourth-order valence-corrected chi connectivity index (χ4v) is 4.42. The first kappa shape index (κ1) is 20.4. The van der Waals surface area contributed by atoms with Gasteiger partial charge in [0.2, 0.25) is 0 Å². The van der Waals surface area contributed by atoms with Gasteiger partial charge in [0.1, 0.15) is 11.4 Å². The SMILES string of the molecule is CCOC(=O)c1c(Cl)cc(C)nc1N1CCC(NC2CCCCC2O)CC1. The van der Waals surface area contributed by atoms with Gasteiger partial charge in [-0.05, 0) is 45.6 Å². The van der Waals surface area contributed by atoms with Crippen LogP contribution in [0.15, 0.2) is 6.07 Å². The Hall–Kier alpha value is -1.37. The zero-order valence-corrected chi connectivity index (χ0v) is 17.0. The summed E-state index contributed by atoms with van der Waals surface area (Å²) < 4.78 is 5.18. The van der Waals surface area contributed by atoms with E-state index in [2.05, 4.69) is 15.2 Å². The number of carbonyl (C=O) groups is 1. The standard InChI is InChI=1S/C20H30ClN3O3/c1-3-27-20(26)18-15(21)12-13(2)22-19(18)24-10-8-14(9-11-24)23-16-6-4-5-7-17(16)25/h12,14,16-17,23,25H,3-11H2,1-2H3. The monoisotopic (exact) mass is 395 g/mol. The van der Waals surface area contributed by atoms with Crippen LogP contribution in [0.3, 0.4) is 0 Å². The molecule has 0 spiro atoms. The Morgan fingerprint density at radius 2 is 2.04 bits per heavy atom. The largest absolute Gasteiger partial charge is 0.462 e. The Kier molecular flexibility index (Phi) is 6.95. The molecule has 1 aromatic rings. The van der Waals surface area contributed by atoms with Crippen molar-refractivity contribution in [3.63, 3.8) is 0 Å². The first-order valence-electron chi connectivity index (χ1n) is 10.0. The summed E-state index contributed by atoms with van der Waals surface area (Å²) in [6, 6.07) is 2.29. The maximum Gasteiger partial charge on any atom is 0.343 e. The lowest BCUT2D eigenvalue weighted by molar-refractivity contribution is 0.0526. The van der Waals surface area contributed by atoms with Crippen LogP contribution in [-0.2, 0) is 4.74 Å². The fraction of sp³-hybridized carbons (Fsp3) is 0.700. The second-order valence-corrected chi connectivity index (χ2v) is 7.96. The van der Waals surface area contributed by atoms with Crippen LogP contribution in [-0.4, -0.2) is 53.9 Å². The van der Waals surface area contributed by atoms with Gasteiger partial charge < -0.3 is 20.1 Å². The van der Waals surface area contributed by atoms with Crippen LogP contribution in [0.25, 0.3) is 0 Å². The maximum absolute atomic E-state index is 12.4. The maximum atomic E-state index is 12.4. The number of nitrogens with zero attached hydrogens (tertiary/aromatic N) is 2. The van der Waals surface area contributed by atoms with Crippen LogP contribution in [0.5, 0.6) is 0 Å². The highest BCUT2D eigenvalue weighted by Crippen LogP contribution is 2.30. The zero-order chi connectivity index (χ0) is 19.4. The highest BCUT2D eigenvalue weighted by molar-refractivity contribution is 6.34. The number of aryl methyl sites for hydroxylation is 1. The summed E-state index contributed by atoms with van der Waals surface area (Å²) in [5, 5.41) is 14.2. The van der Waals surface area contributed by atoms with Gasteiger partial charge in [-0.25, -0.2) is 9.78 Å². The van der Waals surface area contributed by atoms with Crippen molar-refractivity contribution >= 4 is 23.4 Å². The highest BCUT2D eigenvalue weighted by Gasteiger charge is 2.30. The van der Waals surface area contributed by atoms with Crippen molar-refractivity contribution in [3.05, 3.63) is 22.3 Å². The predicted molar refractivity (Wildman–Crippen MR) is 107 cm³/mol. The quantitative estimate of drug-likeness (QED) is 0.746. The summed E-state index contributed by atoms with van der Waals surface area (Å²) in [4.78, 5) is 19.1. The van der Waals surface area contributed by atoms with E-state index in [-0.39, 0.29) is 12.1 Å². The number of hydrogen-bond donors (Lipinski definition) is 2. The van der Waals surface area contributed by atoms with Crippen LogP contribution in [0.4, 0.5) is 5.82 Å². The van der Waals surface area contributed by atoms with Crippen LogP contribution < -0.4 is 10.2 Å². The molecule has 2 fully saturated rings. The van der Waals surface area contributed by atoms with Gasteiger partial charge in [-0.15, -0.1) is 0 Å². The van der Waals surface area contributed by atoms with Gasteiger partial charge in [0.05, 0.1) is 17.7 Å². The van der Waals surface area contributed by atoms with Gasteiger partial charge in [-0.1, -0.05) is 24.4 Å². The predicted octanol–water partition coefficient (Wildman–Crippen LogP) is 3.08. The molecule has 1 aromatic heterocycles. The summed E-state index contributed by atoms with van der Waals surface area (Å²) in [6.07, 6.45) is 5.90. The van der Waals surface area contributed by atoms with E-state index in [1.165, 1.54) is 6.42 Å². The molecule has 2 aliphatic rings. The molecule has 27 heavy (non-hydrogen) atoms. The van der Waals surface area contributed by atoms with Crippen LogP contribution in [0.1, 0.15) is 61.5 Å². The van der Waals surface area contributed by atoms with Crippen molar-refractivity contribution in [2.24, 2.45) is 0 Å². The molecule has 1 saturated carbocycles. The van der Waals surface area contributed by atoms with Crippen molar-refractivity contribution in [2.45, 2.75) is 70.6 Å². The van der Waals surface area contributed by atoms with Gasteiger partial charge in [0.25, 0.3) is 0 Å². The van der Waals surface area contributed by atoms with Crippen molar-refractivity contribution in [1.82, 2.24) is 10.3 Å². The number of nitrogens with one attached hydrogen (secondary N) is 1. The third kappa shape index (κ3) is 4.92. The molecule has 3 rings (SSSR count). The number of halogens is 1. The molecule has 0 amide bonds. The third-order valence-electron chi connectivity index (χ3n) is 5.53. The molecule has 1 aliphatic carbocycles. The number of piperidine rings is 1. The Morgan fingerprint density at radius 3 is 2.70 bits per heavy atom. The summed E-state index contributed by atoms with van der Waals surface area (Å²) in [5.41, 5.74) is 1.15. The van der Waals surface area contributed by atoms with Gasteiger partial charge in [-0.3, -0.25) is 0 Å². The lowest BCUT2D eigenvalue weighted by Gasteiger charge is -2.38. The topological polar surface area (TPSA) is 74.7 Å². The van der Waals surface area contributed by atoms with Gasteiger partial charge in [-0.2, -0.15) is 0 Å². The first-order valence-corrected chi connectivity index (χ1v) is 10.4. The lowest BCUT2D eigenvalue weighted by Crippen LogP contribution is -2.51. The number of anilines is 1. The minimum Gasteiger partial charge on any atom is -0.462 e. The first-order chi connectivity index (χ1) is 13.0. The molecule has 6 nitrogen and oxygen atoms in total. The summed E-state index contributed by atoms with van der Waals surface area (Å²) in [7, 11) is 0. The van der Waals surface area contributed by atoms with Gasteiger partial charge >= 0.3 is 5.97 Å². The van der Waals surface area contributed by atoms with E-state index in [0.29, 0.717) is 29.1 Å². The van der Waals surface area contributed by atoms with Gasteiger partial charge in [0, 0.05) is 30.9 Å². The number of carbonyl (C=O) groups excluding carboxylic acids is 1. The average molecular weight is 396 g/mol. The van der Waals surface area contributed by atoms with Gasteiger partial charge in [0.15, 0.2) is 0 Å². The van der Waals surface area contributed by atoms with Crippen molar-refractivity contribution in [1.29, 1.82) is 0 Å². The summed E-state index contributed by atoms with van der Waals surface area (Å²) >= 11 is 6.35. The smallest absolute Gasteiger partial charge is 0.343 e. The molecule has 0 bridgehead atoms. The van der Waals surface area contributed by atoms with E-state index in [9.17, 15) is 9.90 Å². The second-order valence-electron chi connectivity index (χ2n) is 7.55. The number of hydrogen-bond acceptors (Lipinski definition) is 6. The number of aliphatic hydroxyl groups is 1. The van der Waals surface area contributed by atoms with E-state index in [0.717, 1.165) is 50.9 Å². The van der Waals surface area contributed by atoms with Crippen molar-refractivity contribution in [3.8, 4) is 0 Å². The van der Waals surface area contributed by atoms with E-state index < -0.39 is 5.97 Å². The van der Waals surface area contributed by atoms with Crippen LogP contribution in [0.2, 0.25) is 5.02 Å². The molecule has 0 aromatic carbocycles. The summed E-state index contributed by atoms with van der Waals surface area (Å²) in [6.45, 7) is 5.55. The van der Waals surface area contributed by atoms with Crippen molar-refractivity contribution in [2.75, 3.05) is 24.6 Å². The van der Waals surface area contributed by atoms with Crippen molar-refractivity contribution < 1.29 is 14.6 Å². The molecular weight excluding hydrogens is 366 g/mol. The average Bonchev–Trinajstić information content (AvgIpc) is 2.64. The molecule has 0 radical (unpaired) electrons. The number of aliphatic hydroxyl groups excluding tert-OH is 1. The number of esters is 1. The minimum absolute atomic E-state index is 0.205. The molecule has 7 heteroatoms. The molecular formula is C20H30ClN3O3. The van der Waals surface area contributed by atoms with E-state index in [1.807, 2.05) is 6.92 Å². The van der Waals surface area contributed by atoms with Crippen LogP contribution >= 0.6 is 11.6 Å². The lowest BCUT2D eigenvalue weighted by atomic mass is 9.91. The normalized spacial score (nSPS) is 24.1. The van der Waals surface area contributed by atoms with E-state index >= 15 is 0 Å². The Bertz CT molecular complexity index is 662. The number of rotatable bonds is 5. The fourth-order valence-electron chi connectivity index (χ4n) is 4.10. The molecule has 150 valence electrons. The number of aromatic nitrogens is 1. The molecule has 2 unspecified atom stereocenters. The Morgan fingerprint density at radius 1 is 1.33 bits per heavy atom. The summed E-state index contributed by atoms with van der Waals surface area (Å²) in [5.74, 6) is 0.199. The zero-order valence-electron chi connectivity index (χ0n) is 16.2. The minimum atomic E-state index is -0.421. The molecule has 2 atom stereocenters. The third-order valence-corrected chi connectivity index (χ3v) is 5.83. The Labute approximate surface area is 166 Å².